The van der Waals surface area contributed by atoms with E-state index in [9.17, 15) is 9.50 Å². The van der Waals surface area contributed by atoms with E-state index in [1.165, 1.54) is 28.0 Å². The number of fused-ring (bicyclic) bond motifs is 1. The molecule has 0 aliphatic carbocycles. The fourth-order valence-corrected chi connectivity index (χ4v) is 5.16. The zero-order valence-corrected chi connectivity index (χ0v) is 17.3. The van der Waals surface area contributed by atoms with Crippen LogP contribution in [0.5, 0.6) is 5.88 Å². The maximum atomic E-state index is 13.6. The molecule has 0 saturated carbocycles. The first-order chi connectivity index (χ1) is 14.5. The van der Waals surface area contributed by atoms with Crippen LogP contribution in [0.15, 0.2) is 47.1 Å². The van der Waals surface area contributed by atoms with E-state index < -0.39 is 0 Å². The van der Waals surface area contributed by atoms with Crippen molar-refractivity contribution in [1.82, 2.24) is 19.5 Å². The second-order valence-corrected chi connectivity index (χ2v) is 8.57. The second-order valence-electron chi connectivity index (χ2n) is 7.56. The minimum absolute atomic E-state index is 0.0291. The summed E-state index contributed by atoms with van der Waals surface area (Å²) in [5.74, 6) is 0.690. The molecule has 1 saturated heterocycles. The Morgan fingerprint density at radius 2 is 1.90 bits per heavy atom. The molecule has 30 heavy (non-hydrogen) atoms. The average Bonchev–Trinajstić information content (AvgIpc) is 3.42. The first-order valence-electron chi connectivity index (χ1n) is 9.77. The highest BCUT2D eigenvalue weighted by molar-refractivity contribution is 7.17. The van der Waals surface area contributed by atoms with E-state index in [0.29, 0.717) is 34.5 Å². The summed E-state index contributed by atoms with van der Waals surface area (Å²) in [6.07, 6.45) is 1.65. The van der Waals surface area contributed by atoms with Crippen LogP contribution in [0, 0.1) is 5.82 Å². The van der Waals surface area contributed by atoms with Gasteiger partial charge in [0.15, 0.2) is 5.76 Å². The van der Waals surface area contributed by atoms with Gasteiger partial charge in [0.05, 0.1) is 29.4 Å². The zero-order chi connectivity index (χ0) is 20.8. The lowest BCUT2D eigenvalue weighted by atomic mass is 10.0. The van der Waals surface area contributed by atoms with Crippen LogP contribution in [0.1, 0.15) is 30.3 Å². The first-order valence-corrected chi connectivity index (χ1v) is 10.6. The molecule has 5 rings (SSSR count). The minimum atomic E-state index is -0.295. The molecule has 1 fully saturated rings. The van der Waals surface area contributed by atoms with Crippen molar-refractivity contribution in [3.63, 3.8) is 0 Å². The number of furan rings is 1. The molecule has 0 bridgehead atoms. The van der Waals surface area contributed by atoms with Crippen molar-refractivity contribution in [3.8, 4) is 17.5 Å². The number of thiazole rings is 1. The summed E-state index contributed by atoms with van der Waals surface area (Å²) < 4.78 is 26.3. The molecule has 0 radical (unpaired) electrons. The van der Waals surface area contributed by atoms with Crippen molar-refractivity contribution in [2.75, 3.05) is 13.1 Å². The number of nitrogens with zero attached hydrogens (tertiary/aromatic N) is 4. The number of benzene rings is 1. The fraction of sp³-hybridized carbons (Fsp3) is 0.333. The molecule has 7 nitrogen and oxygen atoms in total. The van der Waals surface area contributed by atoms with E-state index >= 15 is 0 Å². The van der Waals surface area contributed by atoms with Crippen LogP contribution in [-0.4, -0.2) is 49.9 Å². The number of halogens is 1. The highest BCUT2D eigenvalue weighted by atomic mass is 32.1. The smallest absolute Gasteiger partial charge is 0.230 e. The molecule has 0 spiro atoms. The minimum Gasteiger partial charge on any atom is -0.492 e. The van der Waals surface area contributed by atoms with Gasteiger partial charge < -0.3 is 14.3 Å². The SMILES string of the molecule is C[C@@H]1CN([C@@H](c2ccc(F)cc2)c2sc3nc(-c4ccco4)nn3c2O)C[C@@H](C)O1. The Kier molecular flexibility index (Phi) is 4.80. The number of rotatable bonds is 4. The van der Waals surface area contributed by atoms with Crippen LogP contribution in [0.4, 0.5) is 4.39 Å². The summed E-state index contributed by atoms with van der Waals surface area (Å²) >= 11 is 1.37. The van der Waals surface area contributed by atoms with E-state index in [2.05, 4.69) is 15.0 Å². The molecule has 4 heterocycles. The van der Waals surface area contributed by atoms with Gasteiger partial charge in [0.25, 0.3) is 0 Å². The summed E-state index contributed by atoms with van der Waals surface area (Å²) in [7, 11) is 0. The standard InChI is InChI=1S/C21H21FN4O3S/c1-12-10-25(11-13(2)29-12)17(14-5-7-15(22)8-6-14)18-20(27)26-21(30-18)23-19(24-26)16-4-3-9-28-16/h3-9,12-13,17,27H,10-11H2,1-2H3/t12-,13-,17+/m1/s1. The van der Waals surface area contributed by atoms with Gasteiger partial charge in [0, 0.05) is 13.1 Å². The maximum absolute atomic E-state index is 13.6. The number of aromatic nitrogens is 3. The maximum Gasteiger partial charge on any atom is 0.230 e. The molecule has 156 valence electrons. The topological polar surface area (TPSA) is 76.0 Å². The Balaban J connectivity index is 1.60. The molecule has 1 aliphatic heterocycles. The fourth-order valence-electron chi connectivity index (χ4n) is 4.04. The van der Waals surface area contributed by atoms with Crippen LogP contribution >= 0.6 is 11.3 Å². The summed E-state index contributed by atoms with van der Waals surface area (Å²) in [4.78, 5) is 8.05. The molecular formula is C21H21FN4O3S. The largest absolute Gasteiger partial charge is 0.492 e. The van der Waals surface area contributed by atoms with Crippen LogP contribution in [0.25, 0.3) is 16.5 Å². The third-order valence-electron chi connectivity index (χ3n) is 5.19. The molecular weight excluding hydrogens is 407 g/mol. The summed E-state index contributed by atoms with van der Waals surface area (Å²) in [5, 5.41) is 15.5. The first kappa shape index (κ1) is 19.2. The average molecular weight is 428 g/mol. The predicted octanol–water partition coefficient (Wildman–Crippen LogP) is 4.09. The molecule has 1 N–H and O–H groups in total. The van der Waals surface area contributed by atoms with Crippen molar-refractivity contribution in [2.24, 2.45) is 0 Å². The van der Waals surface area contributed by atoms with E-state index in [-0.39, 0.29) is 29.9 Å². The highest BCUT2D eigenvalue weighted by Gasteiger charge is 2.34. The quantitative estimate of drug-likeness (QED) is 0.528. The second kappa shape index (κ2) is 7.50. The normalized spacial score (nSPS) is 21.3. The van der Waals surface area contributed by atoms with Crippen molar-refractivity contribution in [2.45, 2.75) is 32.1 Å². The monoisotopic (exact) mass is 428 g/mol. The van der Waals surface area contributed by atoms with Crippen LogP contribution in [0.2, 0.25) is 0 Å². The lowest BCUT2D eigenvalue weighted by Gasteiger charge is -2.40. The molecule has 3 aromatic heterocycles. The molecule has 1 aromatic carbocycles. The van der Waals surface area contributed by atoms with Gasteiger partial charge >= 0.3 is 0 Å². The number of hydrogen-bond acceptors (Lipinski definition) is 7. The van der Waals surface area contributed by atoms with Gasteiger partial charge in [-0.25, -0.2) is 4.39 Å². The third-order valence-corrected chi connectivity index (χ3v) is 6.26. The summed E-state index contributed by atoms with van der Waals surface area (Å²) in [6, 6.07) is 9.68. The van der Waals surface area contributed by atoms with Gasteiger partial charge in [-0.15, -0.1) is 5.10 Å². The summed E-state index contributed by atoms with van der Waals surface area (Å²) in [5.41, 5.74) is 0.892. The Morgan fingerprint density at radius 3 is 2.53 bits per heavy atom. The van der Waals surface area contributed by atoms with Gasteiger partial charge in [-0.1, -0.05) is 23.5 Å². The van der Waals surface area contributed by atoms with Crippen molar-refractivity contribution >= 4 is 16.3 Å². The number of morpholine rings is 1. The van der Waals surface area contributed by atoms with Gasteiger partial charge in [-0.2, -0.15) is 9.50 Å². The van der Waals surface area contributed by atoms with Gasteiger partial charge in [-0.3, -0.25) is 4.90 Å². The van der Waals surface area contributed by atoms with E-state index in [0.717, 1.165) is 5.56 Å². The Labute approximate surface area is 176 Å². The number of hydrogen-bond donors (Lipinski definition) is 1. The third kappa shape index (κ3) is 3.38. The number of aromatic hydroxyl groups is 1. The molecule has 9 heteroatoms. The zero-order valence-electron chi connectivity index (χ0n) is 16.5. The van der Waals surface area contributed by atoms with E-state index in [1.54, 1.807) is 30.5 Å². The lowest BCUT2D eigenvalue weighted by molar-refractivity contribution is -0.0764. The van der Waals surface area contributed by atoms with Crippen LogP contribution in [-0.2, 0) is 4.74 Å². The lowest BCUT2D eigenvalue weighted by Crippen LogP contribution is -2.47. The Hall–Kier alpha value is -2.75. The molecule has 0 amide bonds. The van der Waals surface area contributed by atoms with Crippen molar-refractivity contribution in [1.29, 1.82) is 0 Å². The molecule has 1 aliphatic rings. The number of ether oxygens (including phenoxy) is 1. The molecule has 0 unspecified atom stereocenters. The van der Waals surface area contributed by atoms with Crippen LogP contribution in [0.3, 0.4) is 0 Å². The van der Waals surface area contributed by atoms with E-state index in [4.69, 9.17) is 9.15 Å². The Morgan fingerprint density at radius 1 is 1.17 bits per heavy atom. The summed E-state index contributed by atoms with van der Waals surface area (Å²) in [6.45, 7) is 5.44. The predicted molar refractivity (Wildman–Crippen MR) is 110 cm³/mol. The molecule has 3 atom stereocenters. The van der Waals surface area contributed by atoms with E-state index in [1.807, 2.05) is 13.8 Å². The van der Waals surface area contributed by atoms with Gasteiger partial charge in [-0.05, 0) is 43.7 Å². The van der Waals surface area contributed by atoms with Crippen molar-refractivity contribution in [3.05, 3.63) is 58.9 Å². The molecule has 4 aromatic rings. The van der Waals surface area contributed by atoms with Gasteiger partial charge in [0.1, 0.15) is 5.82 Å². The van der Waals surface area contributed by atoms with Gasteiger partial charge in [0.2, 0.25) is 16.7 Å². The van der Waals surface area contributed by atoms with Crippen LogP contribution < -0.4 is 0 Å². The van der Waals surface area contributed by atoms with Crippen molar-refractivity contribution < 1.29 is 18.7 Å². The Bertz CT molecular complexity index is 1150. The highest BCUT2D eigenvalue weighted by Crippen LogP contribution is 2.41.